The lowest BCUT2D eigenvalue weighted by atomic mass is 10.00. The predicted octanol–water partition coefficient (Wildman–Crippen LogP) is 2.92. The number of rotatable bonds is 9. The molecule has 3 N–H and O–H groups in total. The summed E-state index contributed by atoms with van der Waals surface area (Å²) in [5.41, 5.74) is 0.629. The zero-order chi connectivity index (χ0) is 25.6. The van der Waals surface area contributed by atoms with Crippen LogP contribution in [0.3, 0.4) is 0 Å². The largest absolute Gasteiger partial charge is 0.573 e. The monoisotopic (exact) mass is 496 g/mol. The molecular weight excluding hydrogens is 473 g/mol. The minimum Gasteiger partial charge on any atom is -0.467 e. The molecule has 10 nitrogen and oxygen atoms in total. The van der Waals surface area contributed by atoms with Gasteiger partial charge in [-0.15, -0.1) is 13.2 Å². The van der Waals surface area contributed by atoms with Crippen LogP contribution in [0.15, 0.2) is 58.3 Å². The molecule has 3 rings (SSSR count). The first-order chi connectivity index (χ1) is 16.6. The van der Waals surface area contributed by atoms with E-state index in [9.17, 15) is 27.6 Å². The number of carbonyl (C=O) groups is 3. The Morgan fingerprint density at radius 1 is 1.20 bits per heavy atom. The van der Waals surface area contributed by atoms with Gasteiger partial charge >= 0.3 is 18.4 Å². The Hall–Kier alpha value is -4.00. The summed E-state index contributed by atoms with van der Waals surface area (Å²) in [5, 5.41) is 7.76. The zero-order valence-corrected chi connectivity index (χ0v) is 18.8. The van der Waals surface area contributed by atoms with Gasteiger partial charge in [0.1, 0.15) is 17.6 Å². The van der Waals surface area contributed by atoms with Crippen molar-refractivity contribution in [1.82, 2.24) is 15.5 Å². The second-order valence-corrected chi connectivity index (χ2v) is 7.45. The molecule has 0 radical (unpaired) electrons. The second-order valence-electron chi connectivity index (χ2n) is 7.45. The second kappa shape index (κ2) is 11.0. The topological polar surface area (TPSA) is 122 Å². The number of amides is 3. The van der Waals surface area contributed by atoms with Gasteiger partial charge < -0.3 is 29.8 Å². The van der Waals surface area contributed by atoms with Crippen LogP contribution in [-0.4, -0.2) is 55.9 Å². The van der Waals surface area contributed by atoms with Gasteiger partial charge in [0.25, 0.3) is 0 Å². The molecule has 188 valence electrons. The van der Waals surface area contributed by atoms with Gasteiger partial charge in [0.05, 0.1) is 25.0 Å². The van der Waals surface area contributed by atoms with Crippen LogP contribution in [0.5, 0.6) is 5.75 Å². The highest BCUT2D eigenvalue weighted by atomic mass is 19.4. The van der Waals surface area contributed by atoms with Gasteiger partial charge in [0.2, 0.25) is 5.91 Å². The summed E-state index contributed by atoms with van der Waals surface area (Å²) in [4.78, 5) is 38.9. The lowest BCUT2D eigenvalue weighted by Gasteiger charge is -2.29. The van der Waals surface area contributed by atoms with Gasteiger partial charge in [-0.1, -0.05) is 0 Å². The van der Waals surface area contributed by atoms with E-state index in [2.05, 4.69) is 20.7 Å². The standard InChI is InChI=1S/C22H23F3N4O6/c1-3-33-20(31)18-15(27-21(32)28-19(18)16-5-4-10-34-16)11-29(2)12-17(30)26-13-6-8-14(9-7-13)35-22(23,24)25/h4-10,19H,3,11-12H2,1-2H3,(H,26,30)(H2,27,28,32). The zero-order valence-electron chi connectivity index (χ0n) is 18.8. The number of nitrogens with one attached hydrogen (secondary N) is 3. The summed E-state index contributed by atoms with van der Waals surface area (Å²) in [7, 11) is 1.59. The maximum absolute atomic E-state index is 12.7. The molecule has 0 saturated carbocycles. The minimum absolute atomic E-state index is 0.00452. The van der Waals surface area contributed by atoms with Gasteiger partial charge in [0.15, 0.2) is 0 Å². The van der Waals surface area contributed by atoms with E-state index in [-0.39, 0.29) is 36.7 Å². The van der Waals surface area contributed by atoms with Crippen LogP contribution in [0.1, 0.15) is 18.7 Å². The Labute approximate surface area is 198 Å². The Balaban J connectivity index is 1.69. The number of carbonyl (C=O) groups excluding carboxylic acids is 3. The number of anilines is 1. The number of hydrogen-bond acceptors (Lipinski definition) is 7. The fourth-order valence-corrected chi connectivity index (χ4v) is 3.37. The highest BCUT2D eigenvalue weighted by molar-refractivity contribution is 5.95. The highest BCUT2D eigenvalue weighted by Gasteiger charge is 2.35. The average Bonchev–Trinajstić information content (AvgIpc) is 3.28. The normalized spacial score (nSPS) is 15.9. The van der Waals surface area contributed by atoms with Crippen LogP contribution in [0.2, 0.25) is 0 Å². The molecule has 1 aliphatic heterocycles. The summed E-state index contributed by atoms with van der Waals surface area (Å²) < 4.78 is 51.1. The first-order valence-corrected chi connectivity index (χ1v) is 10.4. The van der Waals surface area contributed by atoms with Gasteiger partial charge in [-0.2, -0.15) is 0 Å². The first-order valence-electron chi connectivity index (χ1n) is 10.4. The number of halogens is 3. The summed E-state index contributed by atoms with van der Waals surface area (Å²) in [6.07, 6.45) is -3.41. The van der Waals surface area contributed by atoms with Crippen LogP contribution in [0, 0.1) is 0 Å². The average molecular weight is 496 g/mol. The molecule has 1 unspecified atom stereocenters. The number of ether oxygens (including phenoxy) is 2. The number of nitrogens with zero attached hydrogens (tertiary/aromatic N) is 1. The molecule has 1 aromatic carbocycles. The van der Waals surface area contributed by atoms with E-state index in [1.54, 1.807) is 26.1 Å². The molecule has 1 aliphatic rings. The molecule has 0 saturated heterocycles. The van der Waals surface area contributed by atoms with Crippen molar-refractivity contribution < 1.29 is 41.4 Å². The predicted molar refractivity (Wildman–Crippen MR) is 116 cm³/mol. The van der Waals surface area contributed by atoms with Crippen molar-refractivity contribution in [3.05, 3.63) is 59.7 Å². The maximum atomic E-state index is 12.7. The molecule has 0 fully saturated rings. The molecule has 1 atom stereocenters. The Morgan fingerprint density at radius 3 is 2.51 bits per heavy atom. The van der Waals surface area contributed by atoms with E-state index in [1.807, 2.05) is 0 Å². The number of esters is 1. The van der Waals surface area contributed by atoms with Crippen LogP contribution >= 0.6 is 0 Å². The van der Waals surface area contributed by atoms with Crippen molar-refractivity contribution >= 4 is 23.6 Å². The summed E-state index contributed by atoms with van der Waals surface area (Å²) in [6, 6.07) is 6.45. The van der Waals surface area contributed by atoms with Gasteiger partial charge in [-0.05, 0) is 50.4 Å². The molecule has 2 heterocycles. The van der Waals surface area contributed by atoms with Gasteiger partial charge in [-0.3, -0.25) is 9.69 Å². The smallest absolute Gasteiger partial charge is 0.467 e. The third-order valence-corrected chi connectivity index (χ3v) is 4.69. The van der Waals surface area contributed by atoms with Crippen molar-refractivity contribution in [3.8, 4) is 5.75 Å². The van der Waals surface area contributed by atoms with Crippen LogP contribution in [0.25, 0.3) is 0 Å². The number of likely N-dealkylation sites (N-methyl/N-ethyl adjacent to an activating group) is 1. The molecule has 1 aromatic heterocycles. The molecule has 0 spiro atoms. The van der Waals surface area contributed by atoms with Crippen molar-refractivity contribution in [1.29, 1.82) is 0 Å². The van der Waals surface area contributed by atoms with E-state index in [4.69, 9.17) is 9.15 Å². The molecule has 0 bridgehead atoms. The Bertz CT molecular complexity index is 1080. The summed E-state index contributed by atoms with van der Waals surface area (Å²) in [5.74, 6) is -1.22. The number of urea groups is 1. The van der Waals surface area contributed by atoms with E-state index in [1.165, 1.54) is 23.3 Å². The van der Waals surface area contributed by atoms with Crippen molar-refractivity contribution in [2.75, 3.05) is 32.1 Å². The molecule has 3 amide bonds. The van der Waals surface area contributed by atoms with E-state index < -0.39 is 36.1 Å². The summed E-state index contributed by atoms with van der Waals surface area (Å²) >= 11 is 0. The Morgan fingerprint density at radius 2 is 1.91 bits per heavy atom. The highest BCUT2D eigenvalue weighted by Crippen LogP contribution is 2.28. The lowest BCUT2D eigenvalue weighted by Crippen LogP contribution is -2.48. The molecule has 35 heavy (non-hydrogen) atoms. The number of hydrogen-bond donors (Lipinski definition) is 3. The van der Waals surface area contributed by atoms with Crippen molar-refractivity contribution in [2.45, 2.75) is 19.3 Å². The van der Waals surface area contributed by atoms with E-state index >= 15 is 0 Å². The quantitative estimate of drug-likeness (QED) is 0.457. The molecule has 13 heteroatoms. The fourth-order valence-electron chi connectivity index (χ4n) is 3.37. The third-order valence-electron chi connectivity index (χ3n) is 4.69. The SMILES string of the molecule is CCOC(=O)C1=C(CN(C)CC(=O)Nc2ccc(OC(F)(F)F)cc2)NC(=O)NC1c1ccco1. The van der Waals surface area contributed by atoms with E-state index in [0.29, 0.717) is 5.76 Å². The third kappa shape index (κ3) is 7.24. The van der Waals surface area contributed by atoms with Crippen molar-refractivity contribution in [2.24, 2.45) is 0 Å². The number of alkyl halides is 3. The Kier molecular flexibility index (Phi) is 8.02. The number of benzene rings is 1. The molecule has 2 aromatic rings. The molecular formula is C22H23F3N4O6. The van der Waals surface area contributed by atoms with Gasteiger partial charge in [-0.25, -0.2) is 9.59 Å². The van der Waals surface area contributed by atoms with E-state index in [0.717, 1.165) is 12.1 Å². The van der Waals surface area contributed by atoms with Crippen LogP contribution in [0.4, 0.5) is 23.7 Å². The molecule has 0 aliphatic carbocycles. The van der Waals surface area contributed by atoms with Gasteiger partial charge in [0, 0.05) is 17.9 Å². The van der Waals surface area contributed by atoms with Crippen LogP contribution < -0.4 is 20.7 Å². The first kappa shape index (κ1) is 25.6. The lowest BCUT2D eigenvalue weighted by molar-refractivity contribution is -0.274. The fraction of sp³-hybridized carbons (Fsp3) is 0.318. The summed E-state index contributed by atoms with van der Waals surface area (Å²) in [6.45, 7) is 1.60. The number of furan rings is 1. The maximum Gasteiger partial charge on any atom is 0.573 e. The van der Waals surface area contributed by atoms with Crippen molar-refractivity contribution in [3.63, 3.8) is 0 Å². The van der Waals surface area contributed by atoms with Crippen LogP contribution in [-0.2, 0) is 14.3 Å². The minimum atomic E-state index is -4.81.